The van der Waals surface area contributed by atoms with Crippen LogP contribution in [0, 0.1) is 17.3 Å². The summed E-state index contributed by atoms with van der Waals surface area (Å²) >= 11 is 0. The molecule has 4 nitrogen and oxygen atoms in total. The second kappa shape index (κ2) is 4.76. The highest BCUT2D eigenvalue weighted by atomic mass is 15.3. The molecule has 0 unspecified atom stereocenters. The Morgan fingerprint density at radius 1 is 0.808 bits per heavy atom. The van der Waals surface area contributed by atoms with E-state index in [0.717, 1.165) is 17.8 Å². The molecule has 0 amide bonds. The van der Waals surface area contributed by atoms with Crippen LogP contribution in [0.4, 0.5) is 11.4 Å². The SMILES string of the molecule is CC1(C)[C@]2(c3ccc(N)cc3)N=N[C@@]1(c1ccc(N)cc1)[C@H]1CC=C[C@H]12. The number of nitrogens with zero attached hydrogens (tertiary/aromatic N) is 2. The van der Waals surface area contributed by atoms with E-state index in [4.69, 9.17) is 21.7 Å². The van der Waals surface area contributed by atoms with Gasteiger partial charge in [-0.1, -0.05) is 50.3 Å². The van der Waals surface area contributed by atoms with Gasteiger partial charge in [-0.3, -0.25) is 0 Å². The normalized spacial score (nSPS) is 35.8. The van der Waals surface area contributed by atoms with Crippen molar-refractivity contribution in [2.75, 3.05) is 11.5 Å². The smallest absolute Gasteiger partial charge is 0.121 e. The lowest BCUT2D eigenvalue weighted by molar-refractivity contribution is 0.150. The van der Waals surface area contributed by atoms with Crippen LogP contribution in [0.25, 0.3) is 0 Å². The summed E-state index contributed by atoms with van der Waals surface area (Å²) in [6.45, 7) is 4.65. The molecule has 1 saturated carbocycles. The predicted molar refractivity (Wildman–Crippen MR) is 104 cm³/mol. The second-order valence-electron chi connectivity index (χ2n) is 8.40. The van der Waals surface area contributed by atoms with Crippen molar-refractivity contribution >= 4 is 11.4 Å². The van der Waals surface area contributed by atoms with E-state index in [-0.39, 0.29) is 16.5 Å². The van der Waals surface area contributed by atoms with E-state index < -0.39 is 0 Å². The van der Waals surface area contributed by atoms with Crippen molar-refractivity contribution in [3.05, 3.63) is 71.8 Å². The van der Waals surface area contributed by atoms with Crippen molar-refractivity contribution in [3.63, 3.8) is 0 Å². The fourth-order valence-corrected chi connectivity index (χ4v) is 5.95. The van der Waals surface area contributed by atoms with Crippen LogP contribution in [0.15, 0.2) is 70.9 Å². The van der Waals surface area contributed by atoms with Gasteiger partial charge in [0, 0.05) is 28.6 Å². The van der Waals surface area contributed by atoms with Crippen LogP contribution in [0.1, 0.15) is 31.4 Å². The number of azo groups is 1. The Bertz CT molecular complexity index is 926. The van der Waals surface area contributed by atoms with Gasteiger partial charge in [0.1, 0.15) is 11.1 Å². The van der Waals surface area contributed by atoms with Gasteiger partial charge in [-0.2, -0.15) is 10.2 Å². The predicted octanol–water partition coefficient (Wildman–Crippen LogP) is 4.64. The summed E-state index contributed by atoms with van der Waals surface area (Å²) < 4.78 is 0. The van der Waals surface area contributed by atoms with E-state index in [1.807, 2.05) is 24.3 Å². The molecule has 2 aliphatic carbocycles. The third kappa shape index (κ3) is 1.52. The summed E-state index contributed by atoms with van der Waals surface area (Å²) in [4.78, 5) is 0. The molecule has 0 saturated heterocycles. The van der Waals surface area contributed by atoms with Crippen molar-refractivity contribution < 1.29 is 0 Å². The van der Waals surface area contributed by atoms with Gasteiger partial charge in [-0.25, -0.2) is 0 Å². The highest BCUT2D eigenvalue weighted by Crippen LogP contribution is 2.76. The fraction of sp³-hybridized carbons (Fsp3) is 0.364. The maximum Gasteiger partial charge on any atom is 0.121 e. The van der Waals surface area contributed by atoms with Gasteiger partial charge in [-0.15, -0.1) is 0 Å². The first-order valence-corrected chi connectivity index (χ1v) is 9.26. The number of anilines is 2. The zero-order chi connectivity index (χ0) is 18.2. The molecule has 0 radical (unpaired) electrons. The highest BCUT2D eigenvalue weighted by molar-refractivity contribution is 5.51. The first-order chi connectivity index (χ1) is 12.4. The van der Waals surface area contributed by atoms with Crippen molar-refractivity contribution in [2.24, 2.45) is 27.5 Å². The lowest BCUT2D eigenvalue weighted by Crippen LogP contribution is -2.44. The van der Waals surface area contributed by atoms with E-state index in [0.29, 0.717) is 11.8 Å². The van der Waals surface area contributed by atoms with Crippen molar-refractivity contribution in [1.82, 2.24) is 0 Å². The minimum atomic E-state index is -0.361. The maximum absolute atomic E-state index is 5.95. The summed E-state index contributed by atoms with van der Waals surface area (Å²) in [7, 11) is 0. The number of rotatable bonds is 2. The summed E-state index contributed by atoms with van der Waals surface area (Å²) in [6, 6.07) is 16.4. The van der Waals surface area contributed by atoms with E-state index in [2.05, 4.69) is 50.3 Å². The molecule has 2 bridgehead atoms. The molecule has 4 atom stereocenters. The third-order valence-electron chi connectivity index (χ3n) is 7.16. The van der Waals surface area contributed by atoms with Crippen LogP contribution in [-0.2, 0) is 11.1 Å². The molecule has 2 aromatic rings. The Hall–Kier alpha value is -2.62. The molecule has 0 aromatic heterocycles. The molecule has 4 N–H and O–H groups in total. The minimum Gasteiger partial charge on any atom is -0.399 e. The van der Waals surface area contributed by atoms with Crippen molar-refractivity contribution in [2.45, 2.75) is 31.3 Å². The van der Waals surface area contributed by atoms with Crippen LogP contribution < -0.4 is 11.5 Å². The molecular formula is C22H24N4. The fourth-order valence-electron chi connectivity index (χ4n) is 5.95. The van der Waals surface area contributed by atoms with Crippen LogP contribution in [0.3, 0.4) is 0 Å². The molecule has 3 aliphatic rings. The van der Waals surface area contributed by atoms with Gasteiger partial charge in [0.2, 0.25) is 0 Å². The zero-order valence-electron chi connectivity index (χ0n) is 15.2. The Balaban J connectivity index is 1.77. The molecule has 26 heavy (non-hydrogen) atoms. The van der Waals surface area contributed by atoms with Gasteiger partial charge in [-0.05, 0) is 41.8 Å². The Morgan fingerprint density at radius 3 is 1.88 bits per heavy atom. The summed E-state index contributed by atoms with van der Waals surface area (Å²) in [5, 5.41) is 10.0. The monoisotopic (exact) mass is 344 g/mol. The van der Waals surface area contributed by atoms with Crippen molar-refractivity contribution in [1.29, 1.82) is 0 Å². The first kappa shape index (κ1) is 15.6. The first-order valence-electron chi connectivity index (χ1n) is 9.26. The second-order valence-corrected chi connectivity index (χ2v) is 8.40. The van der Waals surface area contributed by atoms with Crippen LogP contribution in [0.2, 0.25) is 0 Å². The van der Waals surface area contributed by atoms with Gasteiger partial charge in [0.05, 0.1) is 0 Å². The standard InChI is InChI=1S/C22H24N4/c1-20(2)21(14-6-10-16(23)11-7-14)18-4-3-5-19(18)22(20,26-25-21)15-8-12-17(24)13-9-15/h3-4,6-13,18-19H,5,23-24H2,1-2H3/t18-,19+,21-,22+/m1/s1. The number of allylic oxidation sites excluding steroid dienone is 1. The Kier molecular flexibility index (Phi) is 2.86. The van der Waals surface area contributed by atoms with Gasteiger partial charge in [0.25, 0.3) is 0 Å². The largest absolute Gasteiger partial charge is 0.399 e. The summed E-state index contributed by atoms with van der Waals surface area (Å²) in [5.41, 5.74) is 15.0. The molecule has 1 heterocycles. The number of hydrogen-bond donors (Lipinski definition) is 2. The van der Waals surface area contributed by atoms with Gasteiger partial charge in [0.15, 0.2) is 0 Å². The highest BCUT2D eigenvalue weighted by Gasteiger charge is 2.77. The molecule has 0 spiro atoms. The van der Waals surface area contributed by atoms with Crippen LogP contribution in [0.5, 0.6) is 0 Å². The average molecular weight is 344 g/mol. The van der Waals surface area contributed by atoms with Gasteiger partial charge < -0.3 is 11.5 Å². The van der Waals surface area contributed by atoms with E-state index >= 15 is 0 Å². The van der Waals surface area contributed by atoms with Crippen LogP contribution >= 0.6 is 0 Å². The summed E-state index contributed by atoms with van der Waals surface area (Å²) in [6.07, 6.45) is 5.70. The van der Waals surface area contributed by atoms with Crippen LogP contribution in [-0.4, -0.2) is 0 Å². The molecule has 1 aliphatic heterocycles. The molecule has 1 fully saturated rings. The number of hydrogen-bond acceptors (Lipinski definition) is 4. The molecular weight excluding hydrogens is 320 g/mol. The zero-order valence-corrected chi connectivity index (χ0v) is 15.2. The number of nitrogen functional groups attached to an aromatic ring is 2. The Labute approximate surface area is 154 Å². The maximum atomic E-state index is 5.95. The Morgan fingerprint density at radius 2 is 1.31 bits per heavy atom. The van der Waals surface area contributed by atoms with Crippen molar-refractivity contribution in [3.8, 4) is 0 Å². The number of nitrogens with two attached hydrogens (primary N) is 2. The van der Waals surface area contributed by atoms with E-state index in [1.54, 1.807) is 0 Å². The van der Waals surface area contributed by atoms with E-state index in [9.17, 15) is 0 Å². The lowest BCUT2D eigenvalue weighted by Gasteiger charge is -2.41. The number of benzene rings is 2. The molecule has 2 aromatic carbocycles. The third-order valence-corrected chi connectivity index (χ3v) is 7.16. The van der Waals surface area contributed by atoms with Gasteiger partial charge >= 0.3 is 0 Å². The average Bonchev–Trinajstić information content (AvgIpc) is 3.24. The topological polar surface area (TPSA) is 76.8 Å². The molecule has 5 rings (SSSR count). The lowest BCUT2D eigenvalue weighted by atomic mass is 9.61. The summed E-state index contributed by atoms with van der Waals surface area (Å²) in [5.74, 6) is 0.757. The number of fused-ring (bicyclic) bond motifs is 5. The van der Waals surface area contributed by atoms with E-state index in [1.165, 1.54) is 11.1 Å². The molecule has 132 valence electrons. The minimum absolute atomic E-state index is 0.160. The quantitative estimate of drug-likeness (QED) is 0.615. The molecule has 4 heteroatoms.